The number of thiophene rings is 2. The zero-order chi connectivity index (χ0) is 72.8. The molecule has 4 nitrogen and oxygen atoms in total. The number of rotatable bonds is 7. The maximum absolute atomic E-state index is 5.30. The van der Waals surface area contributed by atoms with E-state index in [2.05, 4.69) is 364 Å². The molecule has 0 N–H and O–H groups in total. The van der Waals surface area contributed by atoms with Crippen LogP contribution in [0, 0.1) is 0 Å². The van der Waals surface area contributed by atoms with Gasteiger partial charge in [-0.2, -0.15) is 0 Å². The zero-order valence-corrected chi connectivity index (χ0v) is 61.5. The second-order valence-corrected chi connectivity index (χ2v) is 31.6. The van der Waals surface area contributed by atoms with Gasteiger partial charge in [-0.15, -0.1) is 22.7 Å². The van der Waals surface area contributed by atoms with Crippen molar-refractivity contribution < 1.29 is 0 Å². The van der Waals surface area contributed by atoms with Gasteiger partial charge in [0.05, 0.1) is 51.3 Å². The molecule has 0 unspecified atom stereocenters. The summed E-state index contributed by atoms with van der Waals surface area (Å²) in [6.45, 7) is 0. The largest absolute Gasteiger partial charge is 0.252 e. The topological polar surface area (TPSA) is 51.6 Å². The average molecular weight is 1440 g/mol. The number of aromatic nitrogens is 4. The molecule has 514 valence electrons. The maximum Gasteiger partial charge on any atom is 0.0979 e. The lowest BCUT2D eigenvalue weighted by Crippen LogP contribution is -2.25. The Bertz CT molecular complexity index is 7530. The number of hydrogen-bond acceptors (Lipinski definition) is 6. The van der Waals surface area contributed by atoms with E-state index in [1.165, 1.54) is 151 Å². The molecule has 0 radical (unpaired) electrons. The molecule has 0 bridgehead atoms. The number of nitrogens with zero attached hydrogens (tertiary/aromatic N) is 4. The lowest BCUT2D eigenvalue weighted by Gasteiger charge is -2.30. The molecule has 0 amide bonds. The van der Waals surface area contributed by atoms with Gasteiger partial charge < -0.3 is 0 Å². The highest BCUT2D eigenvalue weighted by molar-refractivity contribution is 7.26. The van der Waals surface area contributed by atoms with E-state index in [0.717, 1.165) is 77.3 Å². The zero-order valence-electron chi connectivity index (χ0n) is 59.9. The van der Waals surface area contributed by atoms with E-state index in [1.807, 2.05) is 35.1 Å². The van der Waals surface area contributed by atoms with Crippen LogP contribution >= 0.6 is 22.7 Å². The lowest BCUT2D eigenvalue weighted by atomic mass is 9.70. The van der Waals surface area contributed by atoms with Gasteiger partial charge in [0.15, 0.2) is 0 Å². The molecule has 2 aliphatic rings. The fourth-order valence-electron chi connectivity index (χ4n) is 18.3. The lowest BCUT2D eigenvalue weighted by molar-refractivity contribution is 0.794. The van der Waals surface area contributed by atoms with Crippen LogP contribution in [-0.4, -0.2) is 19.9 Å². The van der Waals surface area contributed by atoms with E-state index in [9.17, 15) is 0 Å². The van der Waals surface area contributed by atoms with E-state index in [-0.39, 0.29) is 5.41 Å². The summed E-state index contributed by atoms with van der Waals surface area (Å²) in [5, 5.41) is 14.5. The monoisotopic (exact) mass is 1440 g/mol. The van der Waals surface area contributed by atoms with Crippen molar-refractivity contribution in [2.24, 2.45) is 0 Å². The van der Waals surface area contributed by atoms with Gasteiger partial charge >= 0.3 is 0 Å². The molecule has 0 saturated carbocycles. The Morgan fingerprint density at radius 3 is 0.874 bits per heavy atom. The Balaban J connectivity index is 0.000000137. The molecular weight excluding hydrogens is 1380 g/mol. The summed E-state index contributed by atoms with van der Waals surface area (Å²) in [6.07, 6.45) is 3.86. The number of fused-ring (bicyclic) bond motifs is 28. The van der Waals surface area contributed by atoms with Crippen molar-refractivity contribution in [1.82, 2.24) is 19.9 Å². The fraction of sp³-hybridized carbons (Fsp3) is 0.00952. The van der Waals surface area contributed by atoms with E-state index in [0.29, 0.717) is 0 Å². The summed E-state index contributed by atoms with van der Waals surface area (Å²) in [7, 11) is 0. The van der Waals surface area contributed by atoms with Gasteiger partial charge in [0.25, 0.3) is 0 Å². The molecule has 1 spiro atoms. The Kier molecular flexibility index (Phi) is 14.3. The second kappa shape index (κ2) is 25.1. The summed E-state index contributed by atoms with van der Waals surface area (Å²) < 4.78 is 5.19. The smallest absolute Gasteiger partial charge is 0.0979 e. The van der Waals surface area contributed by atoms with Crippen molar-refractivity contribution in [3.05, 3.63) is 399 Å². The fourth-order valence-corrected chi connectivity index (χ4v) is 20.4. The Hall–Kier alpha value is -13.9. The molecule has 6 heteroatoms. The minimum Gasteiger partial charge on any atom is -0.252 e. The SMILES string of the molecule is c1cc(-c2ccc3sc4ccc(-c5ccc6c(c5)C5(c7ccccc7-c7ccccc75)c5ccccc5-6)cc4c3c2)cc(-c2cnc3c4ccccc4c4ccccc4c3n2)c1.c1ccc(-c2ccc(-c3ccc4sc5ccc(-c6cccc(-c7cnc8c9ccccc9c9ccccc9c8n7)c6)cc5c4c3)cc2)cc1. The first kappa shape index (κ1) is 63.2. The van der Waals surface area contributed by atoms with Gasteiger partial charge in [-0.05, 0) is 188 Å². The third kappa shape index (κ3) is 9.98. The van der Waals surface area contributed by atoms with Gasteiger partial charge in [-0.3, -0.25) is 9.97 Å². The second-order valence-electron chi connectivity index (χ2n) is 29.4. The standard InChI is InChI=1S/C59H34N2S.C46H28N2S/c1-3-19-46-40(14-1)41-15-2-4-20-47(41)58-57(46)60-34-54(61-58)39-13-11-12-35(30-39)36-25-28-55-48(31-36)49-32-37(26-29-56(49)62-55)38-24-27-45-44-18-7-10-23-52(44)59(53(45)33-38)50-21-8-5-16-42(50)43-17-6-9-22-51(43)59;1-2-9-29(10-3-1)30-17-19-31(20-18-30)33-21-23-43-40(26-33)41-27-34(22-24-44(41)49-43)32-11-8-12-35(25-32)42-28-47-45-38-15-6-4-13-36(38)37-14-5-7-16-39(37)46(45)48-42/h1-34H;1-28H. The predicted octanol–water partition coefficient (Wildman–Crippen LogP) is 28.6. The summed E-state index contributed by atoms with van der Waals surface area (Å²) >= 11 is 3.72. The molecule has 4 aromatic heterocycles. The van der Waals surface area contributed by atoms with Crippen LogP contribution in [-0.2, 0) is 5.41 Å². The molecule has 0 aliphatic heterocycles. The Morgan fingerprint density at radius 1 is 0.180 bits per heavy atom. The van der Waals surface area contributed by atoms with Gasteiger partial charge in [-0.25, -0.2) is 9.97 Å². The maximum atomic E-state index is 5.30. The molecule has 4 heterocycles. The van der Waals surface area contributed by atoms with E-state index >= 15 is 0 Å². The first-order chi connectivity index (χ1) is 55.0. The molecule has 24 rings (SSSR count). The molecule has 0 fully saturated rings. The van der Waals surface area contributed by atoms with Crippen LogP contribution < -0.4 is 0 Å². The minimum absolute atomic E-state index is 0.363. The van der Waals surface area contributed by atoms with Gasteiger partial charge in [0.2, 0.25) is 0 Å². The van der Waals surface area contributed by atoms with E-state index in [1.54, 1.807) is 0 Å². The minimum atomic E-state index is -0.363. The third-order valence-corrected chi connectivity index (χ3v) is 25.7. The normalized spacial score (nSPS) is 12.6. The quantitative estimate of drug-likeness (QED) is 0.149. The van der Waals surface area contributed by atoms with Crippen molar-refractivity contribution in [3.63, 3.8) is 0 Å². The number of benzene rings is 18. The molecule has 111 heavy (non-hydrogen) atoms. The highest BCUT2D eigenvalue weighted by Crippen LogP contribution is 2.63. The summed E-state index contributed by atoms with van der Waals surface area (Å²) in [6, 6.07) is 133. The van der Waals surface area contributed by atoms with E-state index in [4.69, 9.17) is 19.9 Å². The van der Waals surface area contributed by atoms with Crippen LogP contribution in [0.15, 0.2) is 376 Å². The van der Waals surface area contributed by atoms with Crippen molar-refractivity contribution in [1.29, 1.82) is 0 Å². The molecular formula is C105H62N4S2. The predicted molar refractivity (Wildman–Crippen MR) is 469 cm³/mol. The summed E-state index contributed by atoms with van der Waals surface area (Å²) in [4.78, 5) is 20.6. The first-order valence-corrected chi connectivity index (χ1v) is 39.5. The molecule has 0 saturated heterocycles. The average Bonchev–Trinajstić information content (AvgIpc) is 1.51. The highest BCUT2D eigenvalue weighted by atomic mass is 32.1. The van der Waals surface area contributed by atoms with Crippen molar-refractivity contribution in [3.8, 4) is 100 Å². The van der Waals surface area contributed by atoms with Crippen molar-refractivity contribution in [2.45, 2.75) is 5.41 Å². The summed E-state index contributed by atoms with van der Waals surface area (Å²) in [5.41, 5.74) is 30.1. The van der Waals surface area contributed by atoms with Gasteiger partial charge in [0, 0.05) is 73.0 Å². The van der Waals surface area contributed by atoms with Gasteiger partial charge in [0.1, 0.15) is 0 Å². The van der Waals surface area contributed by atoms with Crippen LogP contribution in [0.25, 0.3) is 206 Å². The molecule has 2 aliphatic carbocycles. The van der Waals surface area contributed by atoms with Crippen LogP contribution in [0.5, 0.6) is 0 Å². The highest BCUT2D eigenvalue weighted by Gasteiger charge is 2.51. The van der Waals surface area contributed by atoms with Gasteiger partial charge in [-0.1, -0.05) is 297 Å². The van der Waals surface area contributed by atoms with Crippen LogP contribution in [0.1, 0.15) is 22.3 Å². The molecule has 0 atom stereocenters. The van der Waals surface area contributed by atoms with Crippen LogP contribution in [0.3, 0.4) is 0 Å². The van der Waals surface area contributed by atoms with Crippen molar-refractivity contribution >= 4 is 128 Å². The number of hydrogen-bond donors (Lipinski definition) is 0. The third-order valence-electron chi connectivity index (χ3n) is 23.4. The molecule has 18 aromatic carbocycles. The van der Waals surface area contributed by atoms with Crippen LogP contribution in [0.2, 0.25) is 0 Å². The van der Waals surface area contributed by atoms with Crippen LogP contribution in [0.4, 0.5) is 0 Å². The molecule has 22 aromatic rings. The van der Waals surface area contributed by atoms with Crippen molar-refractivity contribution in [2.75, 3.05) is 0 Å². The summed E-state index contributed by atoms with van der Waals surface area (Å²) in [5.74, 6) is 0. The Labute approximate surface area is 647 Å². The Morgan fingerprint density at radius 2 is 0.459 bits per heavy atom. The van der Waals surface area contributed by atoms with E-state index < -0.39 is 0 Å². The first-order valence-electron chi connectivity index (χ1n) is 37.9.